The van der Waals surface area contributed by atoms with Crippen molar-refractivity contribution in [3.05, 3.63) is 58.6 Å². The van der Waals surface area contributed by atoms with Crippen molar-refractivity contribution in [3.63, 3.8) is 0 Å². The number of rotatable bonds is 9. The Morgan fingerprint density at radius 1 is 1.11 bits per heavy atom. The van der Waals surface area contributed by atoms with E-state index in [1.54, 1.807) is 36.4 Å². The molecule has 28 heavy (non-hydrogen) atoms. The predicted molar refractivity (Wildman–Crippen MR) is 103 cm³/mol. The Hall–Kier alpha value is -2.80. The SMILES string of the molecule is COc1ccc(Cl)cc1/C=C/C(=O)NCCc1ccc(OC)c(OC(F)F)c1. The maximum atomic E-state index is 12.5. The molecule has 1 N–H and O–H groups in total. The first-order valence-corrected chi connectivity index (χ1v) is 8.72. The molecule has 0 saturated heterocycles. The van der Waals surface area contributed by atoms with Crippen LogP contribution in [0.2, 0.25) is 5.02 Å². The van der Waals surface area contributed by atoms with E-state index in [2.05, 4.69) is 10.1 Å². The summed E-state index contributed by atoms with van der Waals surface area (Å²) in [5.41, 5.74) is 1.39. The molecule has 0 aliphatic heterocycles. The lowest BCUT2D eigenvalue weighted by Crippen LogP contribution is -2.23. The molecule has 0 unspecified atom stereocenters. The Labute approximate surface area is 166 Å². The average Bonchev–Trinajstić information content (AvgIpc) is 2.66. The fourth-order valence-electron chi connectivity index (χ4n) is 2.45. The minimum atomic E-state index is -2.95. The van der Waals surface area contributed by atoms with Gasteiger partial charge in [0, 0.05) is 23.2 Å². The largest absolute Gasteiger partial charge is 0.496 e. The number of amides is 1. The summed E-state index contributed by atoms with van der Waals surface area (Å²) in [7, 11) is 2.90. The van der Waals surface area contributed by atoms with Gasteiger partial charge < -0.3 is 19.5 Å². The first kappa shape index (κ1) is 21.5. The minimum absolute atomic E-state index is 0.0470. The van der Waals surface area contributed by atoms with Gasteiger partial charge in [0.15, 0.2) is 11.5 Å². The molecule has 1 amide bonds. The molecule has 2 rings (SSSR count). The van der Waals surface area contributed by atoms with Crippen LogP contribution in [0.1, 0.15) is 11.1 Å². The first-order chi connectivity index (χ1) is 13.4. The Bertz CT molecular complexity index is 843. The lowest BCUT2D eigenvalue weighted by atomic mass is 10.1. The Morgan fingerprint density at radius 3 is 2.50 bits per heavy atom. The van der Waals surface area contributed by atoms with Gasteiger partial charge in [-0.25, -0.2) is 0 Å². The van der Waals surface area contributed by atoms with Crippen LogP contribution < -0.4 is 19.5 Å². The van der Waals surface area contributed by atoms with Gasteiger partial charge in [-0.15, -0.1) is 0 Å². The van der Waals surface area contributed by atoms with Gasteiger partial charge in [0.25, 0.3) is 0 Å². The number of carbonyl (C=O) groups is 1. The number of methoxy groups -OCH3 is 2. The van der Waals surface area contributed by atoms with Crippen molar-refractivity contribution in [2.75, 3.05) is 20.8 Å². The zero-order chi connectivity index (χ0) is 20.5. The maximum Gasteiger partial charge on any atom is 0.387 e. The normalized spacial score (nSPS) is 10.9. The molecule has 2 aromatic rings. The van der Waals surface area contributed by atoms with Crippen LogP contribution >= 0.6 is 11.6 Å². The van der Waals surface area contributed by atoms with E-state index in [0.29, 0.717) is 29.3 Å². The molecule has 0 spiro atoms. The number of alkyl halides is 2. The second kappa shape index (κ2) is 10.5. The van der Waals surface area contributed by atoms with Crippen molar-refractivity contribution < 1.29 is 27.8 Å². The smallest absolute Gasteiger partial charge is 0.387 e. The topological polar surface area (TPSA) is 56.8 Å². The number of nitrogens with one attached hydrogen (secondary N) is 1. The molecule has 150 valence electrons. The number of hydrogen-bond acceptors (Lipinski definition) is 4. The second-order valence-corrected chi connectivity index (χ2v) is 6.06. The van der Waals surface area contributed by atoms with E-state index >= 15 is 0 Å². The fourth-order valence-corrected chi connectivity index (χ4v) is 2.64. The summed E-state index contributed by atoms with van der Waals surface area (Å²) in [5.74, 6) is 0.457. The third-order valence-corrected chi connectivity index (χ3v) is 4.00. The van der Waals surface area contributed by atoms with E-state index in [4.69, 9.17) is 21.1 Å². The molecule has 0 saturated carbocycles. The Morgan fingerprint density at radius 2 is 1.82 bits per heavy atom. The quantitative estimate of drug-likeness (QED) is 0.624. The standard InChI is InChI=1S/C20H20ClF2NO4/c1-26-16-7-5-15(21)12-14(16)4-8-19(25)24-10-9-13-3-6-17(27-2)18(11-13)28-20(22)23/h3-8,11-12,20H,9-10H2,1-2H3,(H,24,25)/b8-4+. The zero-order valence-corrected chi connectivity index (χ0v) is 16.1. The molecule has 0 bridgehead atoms. The molecule has 8 heteroatoms. The van der Waals surface area contributed by atoms with Crippen molar-refractivity contribution in [1.82, 2.24) is 5.32 Å². The first-order valence-electron chi connectivity index (χ1n) is 8.34. The van der Waals surface area contributed by atoms with E-state index in [-0.39, 0.29) is 17.4 Å². The van der Waals surface area contributed by atoms with Crippen LogP contribution in [0.25, 0.3) is 6.08 Å². The van der Waals surface area contributed by atoms with E-state index in [0.717, 1.165) is 5.56 Å². The number of hydrogen-bond donors (Lipinski definition) is 1. The molecule has 0 heterocycles. The van der Waals surface area contributed by atoms with Crippen molar-refractivity contribution in [2.45, 2.75) is 13.0 Å². The van der Waals surface area contributed by atoms with Gasteiger partial charge in [-0.05, 0) is 48.4 Å². The summed E-state index contributed by atoms with van der Waals surface area (Å²) in [6.07, 6.45) is 3.40. The van der Waals surface area contributed by atoms with E-state index in [1.807, 2.05) is 0 Å². The number of carbonyl (C=O) groups excluding carboxylic acids is 1. The lowest BCUT2D eigenvalue weighted by molar-refractivity contribution is -0.116. The van der Waals surface area contributed by atoms with E-state index in [9.17, 15) is 13.6 Å². The van der Waals surface area contributed by atoms with Crippen LogP contribution in [0.4, 0.5) is 8.78 Å². The molecule has 5 nitrogen and oxygen atoms in total. The van der Waals surface area contributed by atoms with Gasteiger partial charge in [-0.2, -0.15) is 8.78 Å². The number of ether oxygens (including phenoxy) is 3. The number of halogens is 3. The third kappa shape index (κ3) is 6.42. The monoisotopic (exact) mass is 411 g/mol. The number of benzene rings is 2. The van der Waals surface area contributed by atoms with Crippen LogP contribution in [0.5, 0.6) is 17.2 Å². The van der Waals surface area contributed by atoms with Gasteiger partial charge in [-0.1, -0.05) is 17.7 Å². The fraction of sp³-hybridized carbons (Fsp3) is 0.250. The van der Waals surface area contributed by atoms with Crippen LogP contribution in [-0.2, 0) is 11.2 Å². The summed E-state index contributed by atoms with van der Waals surface area (Å²) in [5, 5.41) is 3.25. The Balaban J connectivity index is 1.92. The molecular formula is C20H20ClF2NO4. The van der Waals surface area contributed by atoms with Crippen molar-refractivity contribution >= 4 is 23.6 Å². The van der Waals surface area contributed by atoms with Crippen LogP contribution in [0.15, 0.2) is 42.5 Å². The highest BCUT2D eigenvalue weighted by atomic mass is 35.5. The van der Waals surface area contributed by atoms with Crippen LogP contribution in [0.3, 0.4) is 0 Å². The molecule has 0 aromatic heterocycles. The third-order valence-electron chi connectivity index (χ3n) is 3.76. The Kier molecular flexibility index (Phi) is 8.07. The summed E-state index contributed by atoms with van der Waals surface area (Å²) >= 11 is 5.95. The highest BCUT2D eigenvalue weighted by molar-refractivity contribution is 6.30. The molecule has 0 aliphatic carbocycles. The molecule has 0 atom stereocenters. The van der Waals surface area contributed by atoms with Crippen LogP contribution in [-0.4, -0.2) is 33.3 Å². The summed E-state index contributed by atoms with van der Waals surface area (Å²) < 4.78 is 39.6. The van der Waals surface area contributed by atoms with Crippen molar-refractivity contribution in [2.24, 2.45) is 0 Å². The van der Waals surface area contributed by atoms with Gasteiger partial charge in [0.05, 0.1) is 14.2 Å². The summed E-state index contributed by atoms with van der Waals surface area (Å²) in [4.78, 5) is 12.0. The second-order valence-electron chi connectivity index (χ2n) is 5.62. The van der Waals surface area contributed by atoms with E-state index in [1.165, 1.54) is 26.4 Å². The average molecular weight is 412 g/mol. The van der Waals surface area contributed by atoms with Crippen molar-refractivity contribution in [3.8, 4) is 17.2 Å². The summed E-state index contributed by atoms with van der Waals surface area (Å²) in [6, 6.07) is 9.81. The van der Waals surface area contributed by atoms with E-state index < -0.39 is 6.61 Å². The van der Waals surface area contributed by atoms with Gasteiger partial charge in [-0.3, -0.25) is 4.79 Å². The highest BCUT2D eigenvalue weighted by Crippen LogP contribution is 2.29. The molecule has 2 aromatic carbocycles. The van der Waals surface area contributed by atoms with Gasteiger partial charge in [0.1, 0.15) is 5.75 Å². The van der Waals surface area contributed by atoms with Gasteiger partial charge >= 0.3 is 6.61 Å². The summed E-state index contributed by atoms with van der Waals surface area (Å²) in [6.45, 7) is -2.63. The highest BCUT2D eigenvalue weighted by Gasteiger charge is 2.11. The minimum Gasteiger partial charge on any atom is -0.496 e. The predicted octanol–water partition coefficient (Wildman–Crippen LogP) is 4.33. The molecule has 0 radical (unpaired) electrons. The van der Waals surface area contributed by atoms with Gasteiger partial charge in [0.2, 0.25) is 5.91 Å². The van der Waals surface area contributed by atoms with Crippen molar-refractivity contribution in [1.29, 1.82) is 0 Å². The molecule has 0 fully saturated rings. The lowest BCUT2D eigenvalue weighted by Gasteiger charge is -2.11. The van der Waals surface area contributed by atoms with Crippen LogP contribution in [0, 0.1) is 0 Å². The molecular weight excluding hydrogens is 392 g/mol. The zero-order valence-electron chi connectivity index (χ0n) is 15.4. The maximum absolute atomic E-state index is 12.5. The molecule has 0 aliphatic rings.